The summed E-state index contributed by atoms with van der Waals surface area (Å²) < 4.78 is 15.4. The van der Waals surface area contributed by atoms with Gasteiger partial charge in [-0.2, -0.15) is 0 Å². The second kappa shape index (κ2) is 8.36. The van der Waals surface area contributed by atoms with Crippen LogP contribution in [0.2, 0.25) is 0 Å². The van der Waals surface area contributed by atoms with Gasteiger partial charge in [0.1, 0.15) is 11.6 Å². The number of primary amides is 1. The third-order valence-corrected chi connectivity index (χ3v) is 4.10. The van der Waals surface area contributed by atoms with Crippen molar-refractivity contribution in [2.24, 2.45) is 5.73 Å². The van der Waals surface area contributed by atoms with Crippen LogP contribution in [0, 0.1) is 0 Å². The summed E-state index contributed by atoms with van der Waals surface area (Å²) in [5.74, 6) is -1.09. The van der Waals surface area contributed by atoms with Crippen molar-refractivity contribution in [2.75, 3.05) is 27.4 Å². The van der Waals surface area contributed by atoms with Gasteiger partial charge in [0.25, 0.3) is 5.91 Å². The summed E-state index contributed by atoms with van der Waals surface area (Å²) in [6.45, 7) is -0.0462. The molecule has 1 aromatic carbocycles. The lowest BCUT2D eigenvalue weighted by molar-refractivity contribution is -0.143. The van der Waals surface area contributed by atoms with Crippen LogP contribution < -0.4 is 15.2 Å². The second-order valence-corrected chi connectivity index (χ2v) is 5.62. The highest BCUT2D eigenvalue weighted by Crippen LogP contribution is 2.31. The Kier molecular flexibility index (Phi) is 6.21. The van der Waals surface area contributed by atoms with Gasteiger partial charge < -0.3 is 24.8 Å². The first-order chi connectivity index (χ1) is 12.0. The summed E-state index contributed by atoms with van der Waals surface area (Å²) in [5.41, 5.74) is 5.49. The van der Waals surface area contributed by atoms with E-state index in [0.29, 0.717) is 18.7 Å². The largest absolute Gasteiger partial charge is 0.493 e. The van der Waals surface area contributed by atoms with Gasteiger partial charge in [0.15, 0.2) is 18.1 Å². The number of carbonyl (C=O) groups excluding carboxylic acids is 3. The molecule has 0 saturated carbocycles. The molecule has 2 N–H and O–H groups in total. The number of likely N-dealkylation sites (tertiary alicyclic amines) is 1. The molecule has 8 heteroatoms. The Morgan fingerprint density at radius 1 is 1.20 bits per heavy atom. The maximum Gasteiger partial charge on any atom is 0.342 e. The number of amides is 2. The Hall–Kier alpha value is -2.77. The molecule has 1 fully saturated rings. The first kappa shape index (κ1) is 18.6. The van der Waals surface area contributed by atoms with Gasteiger partial charge in [0.05, 0.1) is 14.2 Å². The van der Waals surface area contributed by atoms with Gasteiger partial charge in [-0.3, -0.25) is 9.59 Å². The van der Waals surface area contributed by atoms with Gasteiger partial charge in [-0.25, -0.2) is 4.79 Å². The average molecular weight is 350 g/mol. The van der Waals surface area contributed by atoms with E-state index in [9.17, 15) is 14.4 Å². The SMILES string of the molecule is COc1cccc(C(=O)OCC(=O)N2CCCC[C@@H]2C(N)=O)c1OC. The smallest absolute Gasteiger partial charge is 0.342 e. The molecule has 0 spiro atoms. The number of methoxy groups -OCH3 is 2. The van der Waals surface area contributed by atoms with E-state index in [1.165, 1.54) is 25.2 Å². The number of benzene rings is 1. The zero-order valence-electron chi connectivity index (χ0n) is 14.3. The Bertz CT molecular complexity index is 661. The summed E-state index contributed by atoms with van der Waals surface area (Å²) in [5, 5.41) is 0. The minimum absolute atomic E-state index is 0.153. The van der Waals surface area contributed by atoms with Gasteiger partial charge in [-0.05, 0) is 31.4 Å². The minimum atomic E-state index is -0.711. The molecule has 2 amide bonds. The Morgan fingerprint density at radius 3 is 2.60 bits per heavy atom. The quantitative estimate of drug-likeness (QED) is 0.758. The molecule has 2 rings (SSSR count). The van der Waals surface area contributed by atoms with E-state index in [4.69, 9.17) is 19.9 Å². The van der Waals surface area contributed by atoms with Crippen LogP contribution in [0.1, 0.15) is 29.6 Å². The zero-order valence-corrected chi connectivity index (χ0v) is 14.3. The lowest BCUT2D eigenvalue weighted by Gasteiger charge is -2.33. The predicted molar refractivity (Wildman–Crippen MR) is 88.4 cm³/mol. The van der Waals surface area contributed by atoms with E-state index in [0.717, 1.165) is 12.8 Å². The summed E-state index contributed by atoms with van der Waals surface area (Å²) in [6.07, 6.45) is 2.14. The predicted octanol–water partition coefficient (Wildman–Crippen LogP) is 0.727. The third kappa shape index (κ3) is 4.20. The van der Waals surface area contributed by atoms with Gasteiger partial charge in [0.2, 0.25) is 5.91 Å². The summed E-state index contributed by atoms with van der Waals surface area (Å²) >= 11 is 0. The van der Waals surface area contributed by atoms with Crippen LogP contribution in [-0.2, 0) is 14.3 Å². The lowest BCUT2D eigenvalue weighted by atomic mass is 10.0. The molecule has 1 aromatic rings. The molecule has 8 nitrogen and oxygen atoms in total. The fourth-order valence-corrected chi connectivity index (χ4v) is 2.86. The minimum Gasteiger partial charge on any atom is -0.493 e. The normalized spacial score (nSPS) is 16.9. The van der Waals surface area contributed by atoms with Crippen molar-refractivity contribution in [1.29, 1.82) is 0 Å². The number of hydrogen-bond donors (Lipinski definition) is 1. The fourth-order valence-electron chi connectivity index (χ4n) is 2.86. The van der Waals surface area contributed by atoms with E-state index in [-0.39, 0.29) is 11.3 Å². The van der Waals surface area contributed by atoms with Crippen LogP contribution in [0.5, 0.6) is 11.5 Å². The van der Waals surface area contributed by atoms with Gasteiger partial charge in [-0.1, -0.05) is 6.07 Å². The van der Waals surface area contributed by atoms with Gasteiger partial charge in [-0.15, -0.1) is 0 Å². The second-order valence-electron chi connectivity index (χ2n) is 5.62. The maximum atomic E-state index is 12.3. The van der Waals surface area contributed by atoms with E-state index in [1.54, 1.807) is 12.1 Å². The summed E-state index contributed by atoms with van der Waals surface area (Å²) in [4.78, 5) is 37.4. The highest BCUT2D eigenvalue weighted by atomic mass is 16.5. The van der Waals surface area contributed by atoms with Crippen molar-refractivity contribution in [3.63, 3.8) is 0 Å². The molecule has 1 heterocycles. The topological polar surface area (TPSA) is 108 Å². The number of piperidine rings is 1. The molecular formula is C17H22N2O6. The monoisotopic (exact) mass is 350 g/mol. The summed E-state index contributed by atoms with van der Waals surface area (Å²) in [6, 6.07) is 4.13. The number of nitrogens with two attached hydrogens (primary N) is 1. The molecule has 0 aromatic heterocycles. The average Bonchev–Trinajstić information content (AvgIpc) is 2.64. The van der Waals surface area contributed by atoms with Gasteiger partial charge in [0, 0.05) is 6.54 Å². The Morgan fingerprint density at radius 2 is 1.96 bits per heavy atom. The molecule has 25 heavy (non-hydrogen) atoms. The molecule has 1 aliphatic rings. The maximum absolute atomic E-state index is 12.3. The molecule has 1 saturated heterocycles. The van der Waals surface area contributed by atoms with E-state index in [2.05, 4.69) is 0 Å². The highest BCUT2D eigenvalue weighted by Gasteiger charge is 2.31. The number of para-hydroxylation sites is 1. The molecule has 0 radical (unpaired) electrons. The molecule has 1 atom stereocenters. The molecular weight excluding hydrogens is 328 g/mol. The van der Waals surface area contributed by atoms with Crippen LogP contribution in [0.15, 0.2) is 18.2 Å². The van der Waals surface area contributed by atoms with Crippen LogP contribution >= 0.6 is 0 Å². The number of esters is 1. The van der Waals surface area contributed by atoms with E-state index >= 15 is 0 Å². The third-order valence-electron chi connectivity index (χ3n) is 4.10. The van der Waals surface area contributed by atoms with Crippen molar-refractivity contribution in [3.05, 3.63) is 23.8 Å². The zero-order chi connectivity index (χ0) is 18.4. The number of hydrogen-bond acceptors (Lipinski definition) is 6. The van der Waals surface area contributed by atoms with Crippen molar-refractivity contribution in [1.82, 2.24) is 4.90 Å². The molecule has 0 bridgehead atoms. The first-order valence-corrected chi connectivity index (χ1v) is 7.96. The van der Waals surface area contributed by atoms with Crippen LogP contribution in [0.4, 0.5) is 0 Å². The molecule has 1 aliphatic heterocycles. The molecule has 0 aliphatic carbocycles. The standard InChI is InChI=1S/C17H22N2O6/c1-23-13-8-5-6-11(15(13)24-2)17(22)25-10-14(20)19-9-4-3-7-12(19)16(18)21/h5-6,8,12H,3-4,7,9-10H2,1-2H3,(H2,18,21)/t12-/m1/s1. The van der Waals surface area contributed by atoms with Crippen molar-refractivity contribution >= 4 is 17.8 Å². The number of rotatable bonds is 6. The first-order valence-electron chi connectivity index (χ1n) is 7.96. The number of carbonyl (C=O) groups is 3. The molecule has 136 valence electrons. The van der Waals surface area contributed by atoms with Crippen molar-refractivity contribution in [2.45, 2.75) is 25.3 Å². The number of ether oxygens (including phenoxy) is 3. The lowest BCUT2D eigenvalue weighted by Crippen LogP contribution is -2.51. The Labute approximate surface area is 145 Å². The Balaban J connectivity index is 2.04. The van der Waals surface area contributed by atoms with Crippen molar-refractivity contribution < 1.29 is 28.6 Å². The highest BCUT2D eigenvalue weighted by molar-refractivity contribution is 5.95. The van der Waals surface area contributed by atoms with Crippen LogP contribution in [0.25, 0.3) is 0 Å². The summed E-state index contributed by atoms with van der Waals surface area (Å²) in [7, 11) is 2.86. The van der Waals surface area contributed by atoms with Gasteiger partial charge >= 0.3 is 5.97 Å². The van der Waals surface area contributed by atoms with Crippen molar-refractivity contribution in [3.8, 4) is 11.5 Å². The van der Waals surface area contributed by atoms with E-state index in [1.807, 2.05) is 0 Å². The van der Waals surface area contributed by atoms with E-state index < -0.39 is 30.4 Å². The fraction of sp³-hybridized carbons (Fsp3) is 0.471. The van der Waals surface area contributed by atoms with Crippen LogP contribution in [0.3, 0.4) is 0 Å². The van der Waals surface area contributed by atoms with Crippen LogP contribution in [-0.4, -0.2) is 56.1 Å². The molecule has 0 unspecified atom stereocenters. The number of nitrogens with zero attached hydrogens (tertiary/aromatic N) is 1.